The van der Waals surface area contributed by atoms with Crippen molar-refractivity contribution in [2.75, 3.05) is 20.3 Å². The van der Waals surface area contributed by atoms with E-state index in [1.807, 2.05) is 20.2 Å². The zero-order valence-electron chi connectivity index (χ0n) is 9.79. The Hall–Kier alpha value is -0.810. The molecule has 1 aromatic heterocycles. The summed E-state index contributed by atoms with van der Waals surface area (Å²) in [6.07, 6.45) is 1.85. The summed E-state index contributed by atoms with van der Waals surface area (Å²) >= 11 is 3.34. The number of carbonyl (C=O) groups excluding carboxylic acids is 1. The van der Waals surface area contributed by atoms with E-state index in [-0.39, 0.29) is 5.91 Å². The number of hydrogen-bond acceptors (Lipinski definition) is 2. The van der Waals surface area contributed by atoms with E-state index >= 15 is 0 Å². The fourth-order valence-electron chi connectivity index (χ4n) is 1.45. The normalized spacial score (nSPS) is 12.5. The van der Waals surface area contributed by atoms with E-state index in [9.17, 15) is 4.79 Å². The third-order valence-corrected chi connectivity index (χ3v) is 2.70. The molecule has 0 aliphatic heterocycles. The van der Waals surface area contributed by atoms with Crippen molar-refractivity contribution in [2.45, 2.75) is 6.92 Å². The number of aryl methyl sites for hydroxylation is 1. The molecule has 0 fully saturated rings. The van der Waals surface area contributed by atoms with Crippen molar-refractivity contribution >= 4 is 21.8 Å². The molecule has 1 heterocycles. The van der Waals surface area contributed by atoms with E-state index in [4.69, 9.17) is 4.74 Å². The molecule has 4 nitrogen and oxygen atoms in total. The van der Waals surface area contributed by atoms with E-state index in [2.05, 4.69) is 21.2 Å². The maximum Gasteiger partial charge on any atom is 0.267 e. The predicted octanol–water partition coefficient (Wildman–Crippen LogP) is 1.80. The van der Waals surface area contributed by atoms with Crippen molar-refractivity contribution in [1.29, 1.82) is 0 Å². The first kappa shape index (κ1) is 13.3. The molecule has 90 valence electrons. The fourth-order valence-corrected chi connectivity index (χ4v) is 1.97. The Balaban J connectivity index is 2.50. The first-order chi connectivity index (χ1) is 7.54. The molecule has 1 rings (SSSR count). The Bertz CT molecular complexity index is 363. The third kappa shape index (κ3) is 3.64. The van der Waals surface area contributed by atoms with E-state index in [0.29, 0.717) is 24.8 Å². The monoisotopic (exact) mass is 288 g/mol. The van der Waals surface area contributed by atoms with Crippen molar-refractivity contribution in [2.24, 2.45) is 13.0 Å². The number of nitrogens with zero attached hydrogens (tertiary/aromatic N) is 1. The summed E-state index contributed by atoms with van der Waals surface area (Å²) in [5, 5.41) is 2.88. The summed E-state index contributed by atoms with van der Waals surface area (Å²) in [6, 6.07) is 1.80. The number of nitrogens with one attached hydrogen (secondary N) is 1. The van der Waals surface area contributed by atoms with Crippen LogP contribution < -0.4 is 5.32 Å². The zero-order valence-corrected chi connectivity index (χ0v) is 11.4. The van der Waals surface area contributed by atoms with Gasteiger partial charge in [0.15, 0.2) is 0 Å². The Labute approximate surface area is 104 Å². The number of rotatable bonds is 5. The molecule has 0 aromatic carbocycles. The molecule has 1 unspecified atom stereocenters. The fraction of sp³-hybridized carbons (Fsp3) is 0.545. The molecule has 0 spiro atoms. The van der Waals surface area contributed by atoms with Gasteiger partial charge in [-0.3, -0.25) is 4.79 Å². The van der Waals surface area contributed by atoms with Crippen LogP contribution in [0.2, 0.25) is 0 Å². The van der Waals surface area contributed by atoms with Gasteiger partial charge < -0.3 is 14.6 Å². The molecule has 0 aliphatic carbocycles. The zero-order chi connectivity index (χ0) is 12.1. The number of ether oxygens (including phenoxy) is 1. The molecular weight excluding hydrogens is 272 g/mol. The van der Waals surface area contributed by atoms with Crippen LogP contribution in [0.15, 0.2) is 16.7 Å². The van der Waals surface area contributed by atoms with Gasteiger partial charge in [-0.2, -0.15) is 0 Å². The lowest BCUT2D eigenvalue weighted by molar-refractivity contribution is 0.0926. The van der Waals surface area contributed by atoms with Gasteiger partial charge >= 0.3 is 0 Å². The van der Waals surface area contributed by atoms with Crippen LogP contribution in [-0.4, -0.2) is 30.7 Å². The van der Waals surface area contributed by atoms with E-state index in [0.717, 1.165) is 4.47 Å². The van der Waals surface area contributed by atoms with Gasteiger partial charge in [0.1, 0.15) is 5.69 Å². The van der Waals surface area contributed by atoms with Gasteiger partial charge in [0.05, 0.1) is 6.61 Å². The van der Waals surface area contributed by atoms with Crippen molar-refractivity contribution < 1.29 is 9.53 Å². The SMILES string of the molecule is COCC(C)CNC(=O)c1cc(Br)cn1C. The molecule has 1 atom stereocenters. The molecule has 0 aliphatic rings. The molecule has 0 radical (unpaired) electrons. The van der Waals surface area contributed by atoms with Crippen LogP contribution in [0.25, 0.3) is 0 Å². The van der Waals surface area contributed by atoms with Crippen molar-refractivity contribution in [3.8, 4) is 0 Å². The topological polar surface area (TPSA) is 43.3 Å². The standard InChI is InChI=1S/C11H17BrN2O2/c1-8(7-16-3)5-13-11(15)10-4-9(12)6-14(10)2/h4,6,8H,5,7H2,1-3H3,(H,13,15). The second-order valence-corrected chi connectivity index (χ2v) is 4.84. The summed E-state index contributed by atoms with van der Waals surface area (Å²) in [5.41, 5.74) is 0.650. The summed E-state index contributed by atoms with van der Waals surface area (Å²) in [6.45, 7) is 3.30. The molecule has 16 heavy (non-hydrogen) atoms. The predicted molar refractivity (Wildman–Crippen MR) is 66.5 cm³/mol. The summed E-state index contributed by atoms with van der Waals surface area (Å²) in [7, 11) is 3.50. The van der Waals surface area contributed by atoms with Crippen LogP contribution in [0, 0.1) is 5.92 Å². The largest absolute Gasteiger partial charge is 0.384 e. The van der Waals surface area contributed by atoms with Crippen molar-refractivity contribution in [1.82, 2.24) is 9.88 Å². The van der Waals surface area contributed by atoms with Crippen molar-refractivity contribution in [3.05, 3.63) is 22.4 Å². The number of hydrogen-bond donors (Lipinski definition) is 1. The smallest absolute Gasteiger partial charge is 0.267 e. The molecule has 1 N–H and O–H groups in total. The highest BCUT2D eigenvalue weighted by molar-refractivity contribution is 9.10. The third-order valence-electron chi connectivity index (χ3n) is 2.27. The highest BCUT2D eigenvalue weighted by atomic mass is 79.9. The van der Waals surface area contributed by atoms with Gasteiger partial charge in [-0.15, -0.1) is 0 Å². The number of halogens is 1. The van der Waals surface area contributed by atoms with Gasteiger partial charge in [0.25, 0.3) is 5.91 Å². The summed E-state index contributed by atoms with van der Waals surface area (Å²) in [4.78, 5) is 11.8. The number of methoxy groups -OCH3 is 1. The molecule has 0 saturated heterocycles. The van der Waals surface area contributed by atoms with Crippen molar-refractivity contribution in [3.63, 3.8) is 0 Å². The maximum atomic E-state index is 11.8. The Morgan fingerprint density at radius 3 is 2.88 bits per heavy atom. The van der Waals surface area contributed by atoms with Crippen LogP contribution >= 0.6 is 15.9 Å². The Morgan fingerprint density at radius 2 is 2.38 bits per heavy atom. The van der Waals surface area contributed by atoms with Crippen LogP contribution in [0.1, 0.15) is 17.4 Å². The Morgan fingerprint density at radius 1 is 1.69 bits per heavy atom. The number of amides is 1. The van der Waals surface area contributed by atoms with E-state index < -0.39 is 0 Å². The first-order valence-electron chi connectivity index (χ1n) is 5.13. The van der Waals surface area contributed by atoms with E-state index in [1.54, 1.807) is 17.7 Å². The van der Waals surface area contributed by atoms with Crippen LogP contribution in [0.4, 0.5) is 0 Å². The van der Waals surface area contributed by atoms with Gasteiger partial charge in [0.2, 0.25) is 0 Å². The minimum absolute atomic E-state index is 0.0591. The van der Waals surface area contributed by atoms with Gasteiger partial charge in [-0.25, -0.2) is 0 Å². The van der Waals surface area contributed by atoms with Gasteiger partial charge in [-0.1, -0.05) is 6.92 Å². The molecule has 1 aromatic rings. The van der Waals surface area contributed by atoms with E-state index in [1.165, 1.54) is 0 Å². The quantitative estimate of drug-likeness (QED) is 0.898. The second-order valence-electron chi connectivity index (χ2n) is 3.93. The highest BCUT2D eigenvalue weighted by Gasteiger charge is 2.11. The first-order valence-corrected chi connectivity index (χ1v) is 5.93. The summed E-state index contributed by atoms with van der Waals surface area (Å²) in [5.74, 6) is 0.258. The molecular formula is C11H17BrN2O2. The number of aromatic nitrogens is 1. The number of carbonyl (C=O) groups is 1. The Kier molecular flexibility index (Phi) is 5.02. The lowest BCUT2D eigenvalue weighted by Crippen LogP contribution is -2.31. The average Bonchev–Trinajstić information content (AvgIpc) is 2.55. The van der Waals surface area contributed by atoms with Gasteiger partial charge in [-0.05, 0) is 27.9 Å². The average molecular weight is 289 g/mol. The molecule has 1 amide bonds. The lowest BCUT2D eigenvalue weighted by Gasteiger charge is -2.11. The minimum atomic E-state index is -0.0591. The lowest BCUT2D eigenvalue weighted by atomic mass is 10.2. The van der Waals surface area contributed by atoms with Gasteiger partial charge in [0, 0.05) is 31.4 Å². The molecule has 0 saturated carbocycles. The van der Waals surface area contributed by atoms with Crippen LogP contribution in [0.5, 0.6) is 0 Å². The maximum absolute atomic E-state index is 11.8. The second kappa shape index (κ2) is 6.06. The minimum Gasteiger partial charge on any atom is -0.384 e. The highest BCUT2D eigenvalue weighted by Crippen LogP contribution is 2.13. The van der Waals surface area contributed by atoms with Crippen LogP contribution in [-0.2, 0) is 11.8 Å². The molecule has 0 bridgehead atoms. The van der Waals surface area contributed by atoms with Crippen LogP contribution in [0.3, 0.4) is 0 Å². The molecule has 5 heteroatoms. The summed E-state index contributed by atoms with van der Waals surface area (Å²) < 4.78 is 7.71.